The molecular formula is C18H20N6O. The molecule has 1 amide bonds. The van der Waals surface area contributed by atoms with E-state index in [0.717, 1.165) is 31.7 Å². The summed E-state index contributed by atoms with van der Waals surface area (Å²) in [6.45, 7) is 3.28. The van der Waals surface area contributed by atoms with Crippen LogP contribution >= 0.6 is 0 Å². The Hall–Kier alpha value is -2.72. The first-order chi connectivity index (χ1) is 12.2. The Morgan fingerprint density at radius 2 is 2.20 bits per heavy atom. The Kier molecular flexibility index (Phi) is 4.20. The van der Waals surface area contributed by atoms with Crippen LogP contribution in [0.2, 0.25) is 0 Å². The predicted molar refractivity (Wildman–Crippen MR) is 90.6 cm³/mol. The van der Waals surface area contributed by atoms with Crippen molar-refractivity contribution in [2.75, 3.05) is 19.6 Å². The number of likely N-dealkylation sites (tertiary alicyclic amines) is 1. The molecule has 1 aromatic heterocycles. The van der Waals surface area contributed by atoms with Crippen molar-refractivity contribution >= 4 is 5.91 Å². The largest absolute Gasteiger partial charge is 0.350 e. The molecule has 2 aliphatic rings. The van der Waals surface area contributed by atoms with Crippen molar-refractivity contribution in [3.8, 4) is 6.07 Å². The molecule has 25 heavy (non-hydrogen) atoms. The van der Waals surface area contributed by atoms with Crippen LogP contribution in [-0.2, 0) is 6.54 Å². The predicted octanol–water partition coefficient (Wildman–Crippen LogP) is 1.35. The van der Waals surface area contributed by atoms with E-state index in [1.54, 1.807) is 10.9 Å². The summed E-state index contributed by atoms with van der Waals surface area (Å²) in [5, 5.41) is 20.0. The summed E-state index contributed by atoms with van der Waals surface area (Å²) in [5.74, 6) is 0.515. The van der Waals surface area contributed by atoms with Crippen molar-refractivity contribution in [3.63, 3.8) is 0 Å². The van der Waals surface area contributed by atoms with Crippen LogP contribution in [0.1, 0.15) is 40.5 Å². The van der Waals surface area contributed by atoms with Crippen LogP contribution < -0.4 is 5.32 Å². The van der Waals surface area contributed by atoms with E-state index in [-0.39, 0.29) is 11.9 Å². The van der Waals surface area contributed by atoms with Crippen molar-refractivity contribution in [1.29, 1.82) is 5.26 Å². The Morgan fingerprint density at radius 1 is 1.36 bits per heavy atom. The van der Waals surface area contributed by atoms with Crippen LogP contribution in [0.25, 0.3) is 0 Å². The van der Waals surface area contributed by atoms with Gasteiger partial charge in [-0.15, -0.1) is 5.10 Å². The average Bonchev–Trinajstić information content (AvgIpc) is 3.31. The molecule has 0 radical (unpaired) electrons. The SMILES string of the molecule is N#Cc1cccc(CN2CC(n3cc(C(=O)NCC4CC4)nn3)C2)c1. The van der Waals surface area contributed by atoms with Gasteiger partial charge >= 0.3 is 0 Å². The maximum Gasteiger partial charge on any atom is 0.273 e. The summed E-state index contributed by atoms with van der Waals surface area (Å²) < 4.78 is 1.79. The molecule has 2 heterocycles. The van der Waals surface area contributed by atoms with Crippen LogP contribution in [-0.4, -0.2) is 45.4 Å². The summed E-state index contributed by atoms with van der Waals surface area (Å²) >= 11 is 0. The van der Waals surface area contributed by atoms with Crippen molar-refractivity contribution in [2.24, 2.45) is 5.92 Å². The Morgan fingerprint density at radius 3 is 2.96 bits per heavy atom. The number of carbonyl (C=O) groups excluding carboxylic acids is 1. The smallest absolute Gasteiger partial charge is 0.273 e. The molecule has 128 valence electrons. The third-order valence-electron chi connectivity index (χ3n) is 4.77. The van der Waals surface area contributed by atoms with E-state index in [4.69, 9.17) is 5.26 Å². The number of carbonyl (C=O) groups is 1. The molecule has 1 saturated carbocycles. The second-order valence-electron chi connectivity index (χ2n) is 6.90. The van der Waals surface area contributed by atoms with E-state index in [1.165, 1.54) is 12.8 Å². The lowest BCUT2D eigenvalue weighted by atomic mass is 10.1. The van der Waals surface area contributed by atoms with Crippen LogP contribution in [0.15, 0.2) is 30.5 Å². The van der Waals surface area contributed by atoms with Gasteiger partial charge in [-0.2, -0.15) is 5.26 Å². The number of aromatic nitrogens is 3. The third-order valence-corrected chi connectivity index (χ3v) is 4.77. The Balaban J connectivity index is 1.28. The van der Waals surface area contributed by atoms with E-state index < -0.39 is 0 Å². The van der Waals surface area contributed by atoms with Gasteiger partial charge < -0.3 is 5.32 Å². The fourth-order valence-corrected chi connectivity index (χ4v) is 3.05. The van der Waals surface area contributed by atoms with Crippen LogP contribution in [0, 0.1) is 17.2 Å². The summed E-state index contributed by atoms with van der Waals surface area (Å²) in [7, 11) is 0. The Bertz CT molecular complexity index is 813. The minimum atomic E-state index is -0.136. The lowest BCUT2D eigenvalue weighted by molar-refractivity contribution is 0.0895. The maximum absolute atomic E-state index is 12.0. The second kappa shape index (κ2) is 6.65. The summed E-state index contributed by atoms with van der Waals surface area (Å²) in [6, 6.07) is 10.1. The van der Waals surface area contributed by atoms with Gasteiger partial charge in [0.2, 0.25) is 0 Å². The first kappa shape index (κ1) is 15.8. The Labute approximate surface area is 146 Å². The molecule has 0 unspecified atom stereocenters. The van der Waals surface area contributed by atoms with E-state index >= 15 is 0 Å². The number of hydrogen-bond donors (Lipinski definition) is 1. The topological polar surface area (TPSA) is 86.8 Å². The number of nitrogens with one attached hydrogen (secondary N) is 1. The second-order valence-corrected chi connectivity index (χ2v) is 6.90. The molecule has 0 atom stereocenters. The van der Waals surface area contributed by atoms with Gasteiger partial charge in [0, 0.05) is 26.2 Å². The number of rotatable bonds is 6. The van der Waals surface area contributed by atoms with E-state index in [1.807, 2.05) is 24.3 Å². The van der Waals surface area contributed by atoms with Gasteiger partial charge in [0.05, 0.1) is 23.9 Å². The van der Waals surface area contributed by atoms with Crippen LogP contribution in [0.3, 0.4) is 0 Å². The number of benzene rings is 1. The highest BCUT2D eigenvalue weighted by Gasteiger charge is 2.30. The molecule has 7 nitrogen and oxygen atoms in total. The molecule has 1 saturated heterocycles. The number of hydrogen-bond acceptors (Lipinski definition) is 5. The van der Waals surface area contributed by atoms with Gasteiger partial charge in [-0.1, -0.05) is 17.3 Å². The average molecular weight is 336 g/mol. The quantitative estimate of drug-likeness (QED) is 0.860. The van der Waals surface area contributed by atoms with Gasteiger partial charge in [0.1, 0.15) is 0 Å². The number of nitriles is 1. The monoisotopic (exact) mass is 336 g/mol. The third kappa shape index (κ3) is 3.69. The van der Waals surface area contributed by atoms with E-state index in [2.05, 4.69) is 26.6 Å². The molecular weight excluding hydrogens is 316 g/mol. The summed E-state index contributed by atoms with van der Waals surface area (Å²) in [6.07, 6.45) is 4.16. The zero-order valence-corrected chi connectivity index (χ0v) is 13.9. The maximum atomic E-state index is 12.0. The van der Waals surface area contributed by atoms with Gasteiger partial charge in [-0.05, 0) is 36.5 Å². The highest BCUT2D eigenvalue weighted by Crippen LogP contribution is 2.27. The normalized spacial score (nSPS) is 17.7. The highest BCUT2D eigenvalue weighted by molar-refractivity contribution is 5.91. The van der Waals surface area contributed by atoms with Crippen molar-refractivity contribution < 1.29 is 4.79 Å². The molecule has 1 N–H and O–H groups in total. The molecule has 4 rings (SSSR count). The van der Waals surface area contributed by atoms with Crippen molar-refractivity contribution in [3.05, 3.63) is 47.3 Å². The first-order valence-electron chi connectivity index (χ1n) is 8.62. The molecule has 2 fully saturated rings. The summed E-state index contributed by atoms with van der Waals surface area (Å²) in [5.41, 5.74) is 2.21. The molecule has 1 aliphatic heterocycles. The fourth-order valence-electron chi connectivity index (χ4n) is 3.05. The van der Waals surface area contributed by atoms with Gasteiger partial charge in [-0.3, -0.25) is 9.69 Å². The zero-order chi connectivity index (χ0) is 17.2. The summed E-state index contributed by atoms with van der Waals surface area (Å²) in [4.78, 5) is 14.3. The molecule has 1 aliphatic carbocycles. The molecule has 1 aromatic carbocycles. The lowest BCUT2D eigenvalue weighted by Crippen LogP contribution is -2.47. The number of nitrogens with zero attached hydrogens (tertiary/aromatic N) is 5. The minimum absolute atomic E-state index is 0.136. The van der Waals surface area contributed by atoms with Crippen molar-refractivity contribution in [1.82, 2.24) is 25.2 Å². The van der Waals surface area contributed by atoms with Crippen molar-refractivity contribution in [2.45, 2.75) is 25.4 Å². The first-order valence-corrected chi connectivity index (χ1v) is 8.62. The molecule has 0 bridgehead atoms. The van der Waals surface area contributed by atoms with E-state index in [9.17, 15) is 4.79 Å². The molecule has 2 aromatic rings. The van der Waals surface area contributed by atoms with Crippen LogP contribution in [0.4, 0.5) is 0 Å². The molecule has 0 spiro atoms. The van der Waals surface area contributed by atoms with E-state index in [0.29, 0.717) is 17.2 Å². The standard InChI is InChI=1S/C18H20N6O/c19-7-14-2-1-3-15(6-14)9-23-10-16(11-23)24-12-17(21-22-24)18(25)20-8-13-4-5-13/h1-3,6,12-13,16H,4-5,8-11H2,(H,20,25). The zero-order valence-electron chi connectivity index (χ0n) is 13.9. The van der Waals surface area contributed by atoms with Gasteiger partial charge in [0.25, 0.3) is 5.91 Å². The fraction of sp³-hybridized carbons (Fsp3) is 0.444. The van der Waals surface area contributed by atoms with Gasteiger partial charge in [0.15, 0.2) is 5.69 Å². The number of amides is 1. The van der Waals surface area contributed by atoms with Crippen LogP contribution in [0.5, 0.6) is 0 Å². The molecule has 7 heteroatoms. The highest BCUT2D eigenvalue weighted by atomic mass is 16.2. The van der Waals surface area contributed by atoms with Gasteiger partial charge in [-0.25, -0.2) is 4.68 Å². The lowest BCUT2D eigenvalue weighted by Gasteiger charge is -2.38. The minimum Gasteiger partial charge on any atom is -0.350 e.